The number of methoxy groups -OCH3 is 3. The number of rotatable bonds is 9. The highest BCUT2D eigenvalue weighted by atomic mass is 16.7. The molecule has 12 heteroatoms. The number of carbonyl (C=O) groups is 2. The summed E-state index contributed by atoms with van der Waals surface area (Å²) in [5.74, 6) is -0.825. The molecule has 3 aromatic carbocycles. The van der Waals surface area contributed by atoms with Gasteiger partial charge in [-0.25, -0.2) is 9.96 Å². The summed E-state index contributed by atoms with van der Waals surface area (Å²) >= 11 is 0. The lowest BCUT2D eigenvalue weighted by Crippen LogP contribution is -2.37. The van der Waals surface area contributed by atoms with Crippen LogP contribution in [0.15, 0.2) is 60.7 Å². The number of para-hydroxylation sites is 2. The van der Waals surface area contributed by atoms with E-state index in [1.165, 1.54) is 44.6 Å². The van der Waals surface area contributed by atoms with Crippen LogP contribution in [-0.2, 0) is 14.4 Å². The number of anilines is 2. The Bertz CT molecular complexity index is 1480. The monoisotopic (exact) mass is 549 g/mol. The highest BCUT2D eigenvalue weighted by molar-refractivity contribution is 6.24. The van der Waals surface area contributed by atoms with Crippen LogP contribution in [0.25, 0.3) is 0 Å². The SMILES string of the molecule is CCOc1ccccc1N1C(=O)[C@H]2[C@@H](c3ccc(OC)c(OC)c3OC)N(c3cccc([N+](=O)[O-])c3)O[C@H]2C1=O. The summed E-state index contributed by atoms with van der Waals surface area (Å²) in [6.07, 6.45) is -1.22. The zero-order chi connectivity index (χ0) is 28.6. The molecule has 0 N–H and O–H groups in total. The summed E-state index contributed by atoms with van der Waals surface area (Å²) in [7, 11) is 4.37. The fraction of sp³-hybridized carbons (Fsp3) is 0.286. The molecule has 12 nitrogen and oxygen atoms in total. The van der Waals surface area contributed by atoms with Gasteiger partial charge in [0.25, 0.3) is 11.6 Å². The van der Waals surface area contributed by atoms with Crippen LogP contribution in [0.5, 0.6) is 23.0 Å². The van der Waals surface area contributed by atoms with Crippen molar-refractivity contribution < 1.29 is 38.3 Å². The first-order valence-corrected chi connectivity index (χ1v) is 12.4. The summed E-state index contributed by atoms with van der Waals surface area (Å²) in [6, 6.07) is 14.9. The number of nitrogens with zero attached hydrogens (tertiary/aromatic N) is 3. The summed E-state index contributed by atoms with van der Waals surface area (Å²) in [6.45, 7) is 2.14. The van der Waals surface area contributed by atoms with Crippen LogP contribution in [0.4, 0.5) is 17.1 Å². The van der Waals surface area contributed by atoms with E-state index in [1.807, 2.05) is 0 Å². The first kappa shape index (κ1) is 26.8. The van der Waals surface area contributed by atoms with Crippen LogP contribution < -0.4 is 28.9 Å². The van der Waals surface area contributed by atoms with Gasteiger partial charge in [-0.05, 0) is 37.3 Å². The summed E-state index contributed by atoms with van der Waals surface area (Å²) in [5, 5.41) is 12.9. The first-order chi connectivity index (χ1) is 19.4. The van der Waals surface area contributed by atoms with Crippen molar-refractivity contribution in [3.63, 3.8) is 0 Å². The number of nitro benzene ring substituents is 1. The zero-order valence-corrected chi connectivity index (χ0v) is 22.2. The third-order valence-electron chi connectivity index (χ3n) is 6.87. The largest absolute Gasteiger partial charge is 0.493 e. The Morgan fingerprint density at radius 1 is 0.900 bits per heavy atom. The third-order valence-corrected chi connectivity index (χ3v) is 6.87. The number of hydrogen-bond acceptors (Lipinski definition) is 10. The molecule has 0 radical (unpaired) electrons. The van der Waals surface area contributed by atoms with E-state index in [9.17, 15) is 19.7 Å². The number of non-ortho nitro benzene ring substituents is 1. The van der Waals surface area contributed by atoms with Crippen molar-refractivity contribution in [3.05, 3.63) is 76.3 Å². The predicted octanol–water partition coefficient (Wildman–Crippen LogP) is 4.07. The molecule has 2 amide bonds. The topological polar surface area (TPSA) is 130 Å². The van der Waals surface area contributed by atoms with Crippen LogP contribution in [0.3, 0.4) is 0 Å². The van der Waals surface area contributed by atoms with Crippen molar-refractivity contribution in [1.82, 2.24) is 0 Å². The molecule has 3 aromatic rings. The Kier molecular flexibility index (Phi) is 7.18. The fourth-order valence-electron chi connectivity index (χ4n) is 5.21. The van der Waals surface area contributed by atoms with Gasteiger partial charge in [0, 0.05) is 17.7 Å². The second kappa shape index (κ2) is 10.7. The van der Waals surface area contributed by atoms with E-state index < -0.39 is 34.8 Å². The molecule has 0 spiro atoms. The van der Waals surface area contributed by atoms with Crippen molar-refractivity contribution in [2.75, 3.05) is 37.9 Å². The second-order valence-electron chi connectivity index (χ2n) is 8.94. The van der Waals surface area contributed by atoms with Gasteiger partial charge in [-0.1, -0.05) is 18.2 Å². The van der Waals surface area contributed by atoms with Gasteiger partial charge in [0.15, 0.2) is 17.6 Å². The average molecular weight is 550 g/mol. The van der Waals surface area contributed by atoms with Crippen molar-refractivity contribution in [3.8, 4) is 23.0 Å². The molecule has 0 bridgehead atoms. The minimum absolute atomic E-state index is 0.180. The zero-order valence-electron chi connectivity index (χ0n) is 22.2. The molecule has 5 rings (SSSR count). The van der Waals surface area contributed by atoms with Gasteiger partial charge in [-0.15, -0.1) is 0 Å². The Balaban J connectivity index is 1.68. The van der Waals surface area contributed by atoms with Crippen LogP contribution in [0.1, 0.15) is 18.5 Å². The molecule has 0 unspecified atom stereocenters. The normalized spacial score (nSPS) is 19.9. The molecular weight excluding hydrogens is 522 g/mol. The number of amides is 2. The molecular formula is C28H27N3O9. The van der Waals surface area contributed by atoms with Crippen molar-refractivity contribution in [2.24, 2.45) is 5.92 Å². The molecule has 208 valence electrons. The van der Waals surface area contributed by atoms with E-state index in [0.717, 1.165) is 4.90 Å². The molecule has 2 fully saturated rings. The van der Waals surface area contributed by atoms with Gasteiger partial charge >= 0.3 is 0 Å². The minimum Gasteiger partial charge on any atom is -0.493 e. The quantitative estimate of drug-likeness (QED) is 0.219. The maximum Gasteiger partial charge on any atom is 0.271 e. The molecule has 2 aliphatic heterocycles. The molecule has 2 aliphatic rings. The Morgan fingerprint density at radius 3 is 2.33 bits per heavy atom. The standard InChI is InChI=1S/C28H27N3O9/c1-5-39-20-12-7-6-11-19(20)29-27(32)22-23(18-13-14-21(36-2)25(38-4)24(18)37-3)30(40-26(22)28(29)33)16-9-8-10-17(15-16)31(34)35/h6-15,22-23,26H,5H2,1-4H3/t22-,23+,26+/m0/s1. The molecule has 2 saturated heterocycles. The Hall–Kier alpha value is -4.84. The van der Waals surface area contributed by atoms with E-state index in [2.05, 4.69) is 0 Å². The van der Waals surface area contributed by atoms with E-state index in [0.29, 0.717) is 29.4 Å². The molecule has 3 atom stereocenters. The number of hydrogen-bond donors (Lipinski definition) is 0. The number of hydroxylamine groups is 1. The van der Waals surface area contributed by atoms with E-state index in [1.54, 1.807) is 49.4 Å². The number of carbonyl (C=O) groups excluding carboxylic acids is 2. The van der Waals surface area contributed by atoms with Crippen molar-refractivity contribution in [2.45, 2.75) is 19.1 Å². The van der Waals surface area contributed by atoms with Crippen LogP contribution >= 0.6 is 0 Å². The molecule has 0 aliphatic carbocycles. The maximum atomic E-state index is 14.1. The summed E-state index contributed by atoms with van der Waals surface area (Å²) in [5.41, 5.74) is 0.867. The van der Waals surface area contributed by atoms with Gasteiger partial charge in [0.05, 0.1) is 44.2 Å². The van der Waals surface area contributed by atoms with Gasteiger partial charge in [-0.2, -0.15) is 0 Å². The second-order valence-corrected chi connectivity index (χ2v) is 8.94. The summed E-state index contributed by atoms with van der Waals surface area (Å²) in [4.78, 5) is 46.1. The highest BCUT2D eigenvalue weighted by Gasteiger charge is 2.61. The molecule has 0 aromatic heterocycles. The maximum absolute atomic E-state index is 14.1. The Labute approximate surface area is 229 Å². The number of fused-ring (bicyclic) bond motifs is 1. The van der Waals surface area contributed by atoms with Gasteiger partial charge in [0.2, 0.25) is 11.7 Å². The molecule has 40 heavy (non-hydrogen) atoms. The van der Waals surface area contributed by atoms with Gasteiger partial charge < -0.3 is 18.9 Å². The minimum atomic E-state index is -1.22. The number of imide groups is 1. The number of benzene rings is 3. The van der Waals surface area contributed by atoms with Crippen LogP contribution in [0.2, 0.25) is 0 Å². The third kappa shape index (κ3) is 4.22. The van der Waals surface area contributed by atoms with Gasteiger partial charge in [-0.3, -0.25) is 24.5 Å². The number of nitro groups is 1. The van der Waals surface area contributed by atoms with E-state index in [-0.39, 0.29) is 22.9 Å². The van der Waals surface area contributed by atoms with E-state index >= 15 is 0 Å². The molecule has 2 heterocycles. The fourth-order valence-corrected chi connectivity index (χ4v) is 5.21. The highest BCUT2D eigenvalue weighted by Crippen LogP contribution is 2.53. The van der Waals surface area contributed by atoms with Crippen molar-refractivity contribution >= 4 is 28.9 Å². The Morgan fingerprint density at radius 2 is 1.65 bits per heavy atom. The predicted molar refractivity (Wildman–Crippen MR) is 143 cm³/mol. The van der Waals surface area contributed by atoms with Crippen LogP contribution in [0, 0.1) is 16.0 Å². The van der Waals surface area contributed by atoms with Crippen LogP contribution in [-0.4, -0.2) is 50.8 Å². The lowest BCUT2D eigenvalue weighted by atomic mass is 9.89. The lowest BCUT2D eigenvalue weighted by Gasteiger charge is -2.30. The average Bonchev–Trinajstić information content (AvgIpc) is 3.48. The first-order valence-electron chi connectivity index (χ1n) is 12.4. The molecule has 0 saturated carbocycles. The van der Waals surface area contributed by atoms with E-state index in [4.69, 9.17) is 23.8 Å². The summed E-state index contributed by atoms with van der Waals surface area (Å²) < 4.78 is 22.4. The lowest BCUT2D eigenvalue weighted by molar-refractivity contribution is -0.384. The smallest absolute Gasteiger partial charge is 0.271 e. The van der Waals surface area contributed by atoms with Gasteiger partial charge in [0.1, 0.15) is 17.7 Å². The number of ether oxygens (including phenoxy) is 4. The van der Waals surface area contributed by atoms with Crippen molar-refractivity contribution in [1.29, 1.82) is 0 Å².